The largest absolute Gasteiger partial charge is 0.385 e. The van der Waals surface area contributed by atoms with Crippen LogP contribution < -0.4 is 16.4 Å². The molecule has 10 heteroatoms. The summed E-state index contributed by atoms with van der Waals surface area (Å²) in [5.74, 6) is -2.00. The highest BCUT2D eigenvalue weighted by Crippen LogP contribution is 2.17. The number of amides is 3. The summed E-state index contributed by atoms with van der Waals surface area (Å²) in [4.78, 5) is 48.6. The zero-order chi connectivity index (χ0) is 25.7. The molecular formula is C24H31FN4O5. The molecule has 0 aliphatic carbocycles. The highest BCUT2D eigenvalue weighted by Gasteiger charge is 2.19. The van der Waals surface area contributed by atoms with Crippen LogP contribution >= 0.6 is 0 Å². The van der Waals surface area contributed by atoms with Gasteiger partial charge in [0, 0.05) is 19.7 Å². The number of nitrogens with zero attached hydrogens (tertiary/aromatic N) is 1. The Balaban J connectivity index is 0.000000385. The van der Waals surface area contributed by atoms with Gasteiger partial charge in [-0.05, 0) is 23.6 Å². The first-order valence-corrected chi connectivity index (χ1v) is 10.7. The maximum Gasteiger partial charge on any atom is 0.253 e. The number of halogens is 1. The third kappa shape index (κ3) is 10.8. The lowest BCUT2D eigenvalue weighted by Gasteiger charge is -2.17. The number of nitrogens with one attached hydrogen (secondary N) is 2. The molecular weight excluding hydrogens is 443 g/mol. The zero-order valence-electron chi connectivity index (χ0n) is 19.5. The van der Waals surface area contributed by atoms with Gasteiger partial charge < -0.3 is 21.5 Å². The molecule has 9 nitrogen and oxygen atoms in total. The van der Waals surface area contributed by atoms with Gasteiger partial charge >= 0.3 is 0 Å². The lowest BCUT2D eigenvalue weighted by atomic mass is 10.0. The number of benzene rings is 1. The smallest absolute Gasteiger partial charge is 0.253 e. The fraction of sp³-hybridized carbons (Fsp3) is 0.375. The second-order valence-electron chi connectivity index (χ2n) is 7.93. The summed E-state index contributed by atoms with van der Waals surface area (Å²) in [6, 6.07) is 10.9. The van der Waals surface area contributed by atoms with E-state index in [-0.39, 0.29) is 36.0 Å². The molecule has 0 radical (unpaired) electrons. The van der Waals surface area contributed by atoms with E-state index in [9.17, 15) is 28.7 Å². The van der Waals surface area contributed by atoms with E-state index in [1.54, 1.807) is 24.3 Å². The van der Waals surface area contributed by atoms with Crippen molar-refractivity contribution in [1.29, 1.82) is 0 Å². The molecule has 0 saturated carbocycles. The number of carbonyl (C=O) groups is 4. The highest BCUT2D eigenvalue weighted by molar-refractivity contribution is 5.94. The van der Waals surface area contributed by atoms with Crippen molar-refractivity contribution in [1.82, 2.24) is 15.6 Å². The van der Waals surface area contributed by atoms with E-state index in [4.69, 9.17) is 5.73 Å². The standard InChI is InChI=1S/C15H14FN3O2.C9H17NO3/c16-13-7-6-11(9-18-13)15(21)19-12(8-14(17)20)10-4-2-1-3-5-10;1-6(2)4-7(11)8(12)5-9(13)10-3/h1-7,9,12H,8H2,(H2,17,20)(H,19,21);6,8,12H,4-5H2,1-3H3,(H,10,13). The van der Waals surface area contributed by atoms with Gasteiger partial charge in [-0.25, -0.2) is 4.98 Å². The summed E-state index contributed by atoms with van der Waals surface area (Å²) >= 11 is 0. The maximum absolute atomic E-state index is 12.7. The third-order valence-electron chi connectivity index (χ3n) is 4.54. The van der Waals surface area contributed by atoms with Crippen molar-refractivity contribution in [2.75, 3.05) is 7.05 Å². The average molecular weight is 475 g/mol. The van der Waals surface area contributed by atoms with Gasteiger partial charge in [0.05, 0.1) is 24.4 Å². The minimum atomic E-state index is -1.15. The van der Waals surface area contributed by atoms with Crippen LogP contribution in [0.1, 0.15) is 55.1 Å². The number of aliphatic hydroxyl groups excluding tert-OH is 1. The molecule has 0 saturated heterocycles. The van der Waals surface area contributed by atoms with Crippen molar-refractivity contribution in [3.8, 4) is 0 Å². The number of pyridine rings is 1. The first kappa shape index (κ1) is 28.4. The van der Waals surface area contributed by atoms with Crippen LogP contribution in [-0.4, -0.2) is 46.7 Å². The van der Waals surface area contributed by atoms with Gasteiger partial charge in [-0.1, -0.05) is 44.2 Å². The Labute approximate surface area is 198 Å². The molecule has 0 aliphatic heterocycles. The Hall–Kier alpha value is -3.66. The molecule has 2 aromatic rings. The van der Waals surface area contributed by atoms with Crippen LogP contribution in [0.2, 0.25) is 0 Å². The summed E-state index contributed by atoms with van der Waals surface area (Å²) < 4.78 is 12.7. The highest BCUT2D eigenvalue weighted by atomic mass is 19.1. The molecule has 0 fully saturated rings. The lowest BCUT2D eigenvalue weighted by molar-refractivity contribution is -0.133. The van der Waals surface area contributed by atoms with E-state index in [0.717, 1.165) is 17.8 Å². The van der Waals surface area contributed by atoms with Crippen LogP contribution in [-0.2, 0) is 14.4 Å². The second kappa shape index (κ2) is 14.5. The summed E-state index contributed by atoms with van der Waals surface area (Å²) in [6.07, 6.45) is 0.143. The molecule has 0 aliphatic rings. The topological polar surface area (TPSA) is 151 Å². The van der Waals surface area contributed by atoms with Crippen molar-refractivity contribution in [2.24, 2.45) is 11.7 Å². The van der Waals surface area contributed by atoms with Crippen LogP contribution in [0.3, 0.4) is 0 Å². The number of rotatable bonds is 10. The van der Waals surface area contributed by atoms with Gasteiger partial charge in [0.15, 0.2) is 5.78 Å². The van der Waals surface area contributed by atoms with Crippen LogP contribution in [0.25, 0.3) is 0 Å². The number of nitrogens with two attached hydrogens (primary N) is 1. The summed E-state index contributed by atoms with van der Waals surface area (Å²) in [7, 11) is 1.47. The Bertz CT molecular complexity index is 952. The molecule has 1 heterocycles. The van der Waals surface area contributed by atoms with Crippen molar-refractivity contribution in [3.63, 3.8) is 0 Å². The van der Waals surface area contributed by atoms with E-state index in [1.807, 2.05) is 19.9 Å². The van der Waals surface area contributed by atoms with Crippen molar-refractivity contribution in [3.05, 3.63) is 65.7 Å². The van der Waals surface area contributed by atoms with E-state index in [1.165, 1.54) is 13.1 Å². The number of carbonyl (C=O) groups excluding carboxylic acids is 4. The first-order valence-electron chi connectivity index (χ1n) is 10.7. The van der Waals surface area contributed by atoms with Crippen LogP contribution in [0, 0.1) is 11.9 Å². The van der Waals surface area contributed by atoms with Crippen LogP contribution in [0.5, 0.6) is 0 Å². The Morgan fingerprint density at radius 1 is 1.03 bits per heavy atom. The molecule has 2 atom stereocenters. The SMILES string of the molecule is CNC(=O)CC(O)C(=O)CC(C)C.NC(=O)CC(NC(=O)c1ccc(F)nc1)c1ccccc1. The number of aromatic nitrogens is 1. The van der Waals surface area contributed by atoms with E-state index >= 15 is 0 Å². The monoisotopic (exact) mass is 474 g/mol. The summed E-state index contributed by atoms with van der Waals surface area (Å²) in [6.45, 7) is 3.79. The van der Waals surface area contributed by atoms with Crippen molar-refractivity contribution in [2.45, 2.75) is 45.3 Å². The molecule has 1 aromatic heterocycles. The van der Waals surface area contributed by atoms with Gasteiger partial charge in [0.25, 0.3) is 5.91 Å². The Kier molecular flexibility index (Phi) is 12.1. The Morgan fingerprint density at radius 2 is 1.68 bits per heavy atom. The number of primary amides is 1. The Morgan fingerprint density at radius 3 is 2.18 bits per heavy atom. The first-order chi connectivity index (χ1) is 16.0. The fourth-order valence-corrected chi connectivity index (χ4v) is 2.82. The lowest BCUT2D eigenvalue weighted by Crippen LogP contribution is -2.31. The van der Waals surface area contributed by atoms with Crippen LogP contribution in [0.15, 0.2) is 48.7 Å². The van der Waals surface area contributed by atoms with E-state index < -0.39 is 29.9 Å². The average Bonchev–Trinajstić information content (AvgIpc) is 2.79. The molecule has 34 heavy (non-hydrogen) atoms. The molecule has 1 aromatic carbocycles. The second-order valence-corrected chi connectivity index (χ2v) is 7.93. The van der Waals surface area contributed by atoms with Crippen molar-refractivity contribution < 1.29 is 28.7 Å². The molecule has 0 bridgehead atoms. The summed E-state index contributed by atoms with van der Waals surface area (Å²) in [5.41, 5.74) is 6.19. The zero-order valence-corrected chi connectivity index (χ0v) is 19.5. The number of aliphatic hydroxyl groups is 1. The van der Waals surface area contributed by atoms with Gasteiger partial charge in [-0.15, -0.1) is 0 Å². The fourth-order valence-electron chi connectivity index (χ4n) is 2.82. The normalized spacial score (nSPS) is 12.1. The minimum absolute atomic E-state index is 0.0234. The van der Waals surface area contributed by atoms with Gasteiger partial charge in [-0.3, -0.25) is 19.2 Å². The maximum atomic E-state index is 12.7. The molecule has 2 rings (SSSR count). The quantitative estimate of drug-likeness (QED) is 0.385. The molecule has 2 unspecified atom stereocenters. The van der Waals surface area contributed by atoms with Gasteiger partial charge in [-0.2, -0.15) is 4.39 Å². The van der Waals surface area contributed by atoms with Crippen molar-refractivity contribution >= 4 is 23.5 Å². The number of hydrogen-bond acceptors (Lipinski definition) is 6. The number of hydrogen-bond donors (Lipinski definition) is 4. The molecule has 3 amide bonds. The molecule has 0 spiro atoms. The number of ketones is 1. The predicted octanol–water partition coefficient (Wildman–Crippen LogP) is 1.67. The van der Waals surface area contributed by atoms with E-state index in [2.05, 4.69) is 15.6 Å². The van der Waals surface area contributed by atoms with Crippen LogP contribution in [0.4, 0.5) is 4.39 Å². The summed E-state index contributed by atoms with van der Waals surface area (Å²) in [5, 5.41) is 14.3. The van der Waals surface area contributed by atoms with Gasteiger partial charge in [0.2, 0.25) is 17.8 Å². The predicted molar refractivity (Wildman–Crippen MR) is 124 cm³/mol. The molecule has 5 N–H and O–H groups in total. The third-order valence-corrected chi connectivity index (χ3v) is 4.54. The number of Topliss-reactive ketones (excluding diaryl/α,β-unsaturated/α-hetero) is 1. The van der Waals surface area contributed by atoms with E-state index in [0.29, 0.717) is 6.42 Å². The minimum Gasteiger partial charge on any atom is -0.385 e. The van der Waals surface area contributed by atoms with Gasteiger partial charge in [0.1, 0.15) is 6.10 Å². The molecule has 184 valence electrons.